The number of nitrogens with zero attached hydrogens (tertiary/aromatic N) is 1. The molecule has 2 heterocycles. The lowest BCUT2D eigenvalue weighted by atomic mass is 9.85. The maximum absolute atomic E-state index is 11.8. The summed E-state index contributed by atoms with van der Waals surface area (Å²) in [4.78, 5) is 11.8. The van der Waals surface area contributed by atoms with Crippen LogP contribution in [-0.2, 0) is 9.47 Å². The molecule has 21 heavy (non-hydrogen) atoms. The summed E-state index contributed by atoms with van der Waals surface area (Å²) in [6.07, 6.45) is 4.71. The van der Waals surface area contributed by atoms with E-state index in [9.17, 15) is 4.79 Å². The normalized spacial score (nSPS) is 22.3. The van der Waals surface area contributed by atoms with E-state index in [-0.39, 0.29) is 23.3 Å². The topological polar surface area (TPSA) is 61.6 Å². The fourth-order valence-electron chi connectivity index (χ4n) is 2.31. The Morgan fingerprint density at radius 1 is 1.48 bits per heavy atom. The van der Waals surface area contributed by atoms with E-state index in [1.807, 2.05) is 6.08 Å². The second-order valence-electron chi connectivity index (χ2n) is 6.32. The van der Waals surface area contributed by atoms with E-state index in [2.05, 4.69) is 32.0 Å². The number of hydrogen-bond acceptors (Lipinski definition) is 5. The molecule has 116 valence electrons. The maximum Gasteiger partial charge on any atom is 0.360 e. The molecule has 1 aliphatic rings. The summed E-state index contributed by atoms with van der Waals surface area (Å²) < 4.78 is 16.4. The molecule has 0 aromatic carbocycles. The van der Waals surface area contributed by atoms with E-state index in [0.29, 0.717) is 17.9 Å². The molecule has 2 rings (SSSR count). The van der Waals surface area contributed by atoms with Gasteiger partial charge in [0.25, 0.3) is 0 Å². The summed E-state index contributed by atoms with van der Waals surface area (Å²) in [5.74, 6) is 0.111. The van der Waals surface area contributed by atoms with Gasteiger partial charge in [0, 0.05) is 5.56 Å². The Morgan fingerprint density at radius 2 is 2.19 bits per heavy atom. The van der Waals surface area contributed by atoms with Crippen molar-refractivity contribution in [3.05, 3.63) is 29.2 Å². The van der Waals surface area contributed by atoms with Crippen molar-refractivity contribution in [1.82, 2.24) is 5.16 Å². The number of ether oxygens (including phenoxy) is 2. The molecule has 5 heteroatoms. The third-order valence-corrected chi connectivity index (χ3v) is 3.63. The second kappa shape index (κ2) is 6.02. The van der Waals surface area contributed by atoms with Crippen molar-refractivity contribution >= 4 is 5.97 Å². The number of rotatable bonds is 3. The van der Waals surface area contributed by atoms with Gasteiger partial charge in [-0.2, -0.15) is 0 Å². The Morgan fingerprint density at radius 3 is 2.81 bits per heavy atom. The number of hydrogen-bond donors (Lipinski definition) is 0. The van der Waals surface area contributed by atoms with Gasteiger partial charge in [-0.15, -0.1) is 0 Å². The molecule has 0 saturated carbocycles. The van der Waals surface area contributed by atoms with E-state index >= 15 is 0 Å². The van der Waals surface area contributed by atoms with E-state index < -0.39 is 5.97 Å². The predicted molar refractivity (Wildman–Crippen MR) is 78.0 cm³/mol. The quantitative estimate of drug-likeness (QED) is 0.629. The third-order valence-electron chi connectivity index (χ3n) is 3.63. The van der Waals surface area contributed by atoms with Gasteiger partial charge in [0.15, 0.2) is 11.5 Å². The van der Waals surface area contributed by atoms with Crippen LogP contribution in [0.4, 0.5) is 0 Å². The molecule has 5 nitrogen and oxygen atoms in total. The lowest BCUT2D eigenvalue weighted by Crippen LogP contribution is -2.32. The first-order valence-electron chi connectivity index (χ1n) is 7.30. The molecule has 1 aromatic rings. The molecule has 0 aliphatic carbocycles. The standard InChI is InChI=1S/C16H23NO4/c1-6-19-15(18)13-10(2)14(21-17-13)11-8-7-9-12(20-11)16(3,4)5/h7-8,11-12H,6,9H2,1-5H3/t11-,12+/m1/s1. The Balaban J connectivity index is 2.21. The number of aromatic nitrogens is 1. The SMILES string of the molecule is CCOC(=O)c1noc([C@H]2C=CC[C@@H](C(C)(C)C)O2)c1C. The second-order valence-corrected chi connectivity index (χ2v) is 6.32. The minimum absolute atomic E-state index is 0.0426. The highest BCUT2D eigenvalue weighted by Crippen LogP contribution is 2.36. The van der Waals surface area contributed by atoms with E-state index in [4.69, 9.17) is 14.0 Å². The molecule has 0 amide bonds. The average Bonchev–Trinajstić information content (AvgIpc) is 2.80. The van der Waals surface area contributed by atoms with Crippen molar-refractivity contribution in [3.8, 4) is 0 Å². The van der Waals surface area contributed by atoms with Gasteiger partial charge in [0.2, 0.25) is 0 Å². The van der Waals surface area contributed by atoms with E-state index in [1.165, 1.54) is 0 Å². The van der Waals surface area contributed by atoms with Gasteiger partial charge in [-0.05, 0) is 25.7 Å². The minimum atomic E-state index is -0.461. The van der Waals surface area contributed by atoms with Crippen LogP contribution >= 0.6 is 0 Å². The van der Waals surface area contributed by atoms with Crippen molar-refractivity contribution in [1.29, 1.82) is 0 Å². The zero-order valence-corrected chi connectivity index (χ0v) is 13.3. The fourth-order valence-corrected chi connectivity index (χ4v) is 2.31. The lowest BCUT2D eigenvalue weighted by molar-refractivity contribution is -0.0630. The summed E-state index contributed by atoms with van der Waals surface area (Å²) in [7, 11) is 0. The first-order chi connectivity index (χ1) is 9.84. The molecule has 1 aliphatic heterocycles. The van der Waals surface area contributed by atoms with Crippen LogP contribution in [0.3, 0.4) is 0 Å². The van der Waals surface area contributed by atoms with E-state index in [0.717, 1.165) is 6.42 Å². The van der Waals surface area contributed by atoms with Gasteiger partial charge in [-0.3, -0.25) is 0 Å². The van der Waals surface area contributed by atoms with Crippen LogP contribution in [-0.4, -0.2) is 23.8 Å². The van der Waals surface area contributed by atoms with Crippen molar-refractivity contribution in [3.63, 3.8) is 0 Å². The smallest absolute Gasteiger partial charge is 0.360 e. The first kappa shape index (κ1) is 15.8. The summed E-state index contributed by atoms with van der Waals surface area (Å²) in [6, 6.07) is 0. The molecular weight excluding hydrogens is 270 g/mol. The van der Waals surface area contributed by atoms with Gasteiger partial charge < -0.3 is 14.0 Å². The number of esters is 1. The molecule has 0 fully saturated rings. The number of carbonyl (C=O) groups excluding carboxylic acids is 1. The minimum Gasteiger partial charge on any atom is -0.461 e. The zero-order valence-electron chi connectivity index (χ0n) is 13.3. The fraction of sp³-hybridized carbons (Fsp3) is 0.625. The molecule has 0 saturated heterocycles. The zero-order chi connectivity index (χ0) is 15.6. The van der Waals surface area contributed by atoms with E-state index in [1.54, 1.807) is 13.8 Å². The van der Waals surface area contributed by atoms with Crippen molar-refractivity contribution in [2.75, 3.05) is 6.61 Å². The molecule has 0 N–H and O–H groups in total. The number of carbonyl (C=O) groups is 1. The summed E-state index contributed by atoms with van der Waals surface area (Å²) in [6.45, 7) is 10.3. The van der Waals surface area contributed by atoms with Crippen LogP contribution < -0.4 is 0 Å². The summed E-state index contributed by atoms with van der Waals surface area (Å²) >= 11 is 0. The summed E-state index contributed by atoms with van der Waals surface area (Å²) in [5, 5.41) is 3.83. The van der Waals surface area contributed by atoms with Gasteiger partial charge in [0.05, 0.1) is 12.7 Å². The predicted octanol–water partition coefficient (Wildman–Crippen LogP) is 3.59. The van der Waals surface area contributed by atoms with Gasteiger partial charge in [0.1, 0.15) is 6.10 Å². The van der Waals surface area contributed by atoms with Crippen molar-refractivity contribution < 1.29 is 18.8 Å². The third kappa shape index (κ3) is 3.35. The molecule has 0 bridgehead atoms. The van der Waals surface area contributed by atoms with Crippen LogP contribution in [0.25, 0.3) is 0 Å². The Bertz CT molecular complexity index is 539. The van der Waals surface area contributed by atoms with Crippen molar-refractivity contribution in [2.45, 2.75) is 53.2 Å². The van der Waals surface area contributed by atoms with Crippen LogP contribution in [0.1, 0.15) is 62.0 Å². The van der Waals surface area contributed by atoms with Crippen LogP contribution in [0.15, 0.2) is 16.7 Å². The molecule has 2 atom stereocenters. The average molecular weight is 293 g/mol. The molecular formula is C16H23NO4. The largest absolute Gasteiger partial charge is 0.461 e. The highest BCUT2D eigenvalue weighted by Gasteiger charge is 2.33. The Labute approximate surface area is 125 Å². The van der Waals surface area contributed by atoms with Crippen LogP contribution in [0.5, 0.6) is 0 Å². The van der Waals surface area contributed by atoms with Crippen molar-refractivity contribution in [2.24, 2.45) is 5.41 Å². The highest BCUT2D eigenvalue weighted by molar-refractivity contribution is 5.88. The molecule has 0 radical (unpaired) electrons. The Kier molecular flexibility index (Phi) is 4.52. The van der Waals surface area contributed by atoms with Gasteiger partial charge in [-0.25, -0.2) is 4.79 Å². The first-order valence-corrected chi connectivity index (χ1v) is 7.30. The maximum atomic E-state index is 11.8. The van der Waals surface area contributed by atoms with Gasteiger partial charge >= 0.3 is 5.97 Å². The Hall–Kier alpha value is -1.62. The molecule has 1 aromatic heterocycles. The monoisotopic (exact) mass is 293 g/mol. The van der Waals surface area contributed by atoms with Crippen LogP contribution in [0, 0.1) is 12.3 Å². The molecule has 0 spiro atoms. The lowest BCUT2D eigenvalue weighted by Gasteiger charge is -2.34. The molecule has 0 unspecified atom stereocenters. The van der Waals surface area contributed by atoms with Crippen LogP contribution in [0.2, 0.25) is 0 Å². The summed E-state index contributed by atoms with van der Waals surface area (Å²) in [5.41, 5.74) is 0.945. The highest BCUT2D eigenvalue weighted by atomic mass is 16.5. The van der Waals surface area contributed by atoms with Gasteiger partial charge in [-0.1, -0.05) is 38.1 Å².